The van der Waals surface area contributed by atoms with E-state index in [1.54, 1.807) is 13.0 Å². The number of nitro groups is 1. The van der Waals surface area contributed by atoms with Crippen LogP contribution in [0.25, 0.3) is 0 Å². The maximum atomic E-state index is 11.0. The van der Waals surface area contributed by atoms with Gasteiger partial charge >= 0.3 is 0 Å². The lowest BCUT2D eigenvalue weighted by atomic mass is 10.1. The first-order chi connectivity index (χ1) is 7.34. The number of amides is 1. The van der Waals surface area contributed by atoms with Crippen molar-refractivity contribution in [2.24, 2.45) is 0 Å². The topological polar surface area (TPSA) is 72.2 Å². The van der Waals surface area contributed by atoms with Crippen molar-refractivity contribution in [1.29, 1.82) is 0 Å². The van der Waals surface area contributed by atoms with Gasteiger partial charge in [-0.2, -0.15) is 0 Å². The number of benzene rings is 1. The molecule has 0 saturated heterocycles. The van der Waals surface area contributed by atoms with Crippen LogP contribution in [0.3, 0.4) is 0 Å². The lowest BCUT2D eigenvalue weighted by Crippen LogP contribution is -2.09. The smallest absolute Gasteiger partial charge is 0.297 e. The molecule has 86 valence electrons. The fourth-order valence-electron chi connectivity index (χ4n) is 1.23. The van der Waals surface area contributed by atoms with E-state index >= 15 is 0 Å². The van der Waals surface area contributed by atoms with Gasteiger partial charge in [-0.1, -0.05) is 15.9 Å². The van der Waals surface area contributed by atoms with E-state index in [1.165, 1.54) is 6.92 Å². The van der Waals surface area contributed by atoms with Crippen LogP contribution in [0.2, 0.25) is 0 Å². The summed E-state index contributed by atoms with van der Waals surface area (Å²) in [5.74, 6) is -0.356. The second-order valence-electron chi connectivity index (χ2n) is 3.13. The Morgan fingerprint density at radius 2 is 2.00 bits per heavy atom. The number of rotatable bonds is 2. The first-order valence-corrected chi connectivity index (χ1v) is 5.83. The Morgan fingerprint density at radius 3 is 2.44 bits per heavy atom. The van der Waals surface area contributed by atoms with Crippen LogP contribution in [0.5, 0.6) is 0 Å². The molecule has 0 aliphatic carbocycles. The van der Waals surface area contributed by atoms with Crippen LogP contribution in [0, 0.1) is 17.0 Å². The first kappa shape index (κ1) is 13.1. The Labute approximate surface area is 109 Å². The number of nitrogens with one attached hydrogen (secondary N) is 1. The average molecular weight is 352 g/mol. The van der Waals surface area contributed by atoms with E-state index in [4.69, 9.17) is 0 Å². The number of halogens is 2. The summed E-state index contributed by atoms with van der Waals surface area (Å²) in [6.45, 7) is 2.91. The van der Waals surface area contributed by atoms with Crippen molar-refractivity contribution in [3.05, 3.63) is 30.7 Å². The molecule has 0 atom stereocenters. The molecule has 1 aromatic carbocycles. The third kappa shape index (κ3) is 2.59. The Balaban J connectivity index is 3.50. The zero-order valence-corrected chi connectivity index (χ0v) is 11.7. The predicted molar refractivity (Wildman–Crippen MR) is 67.5 cm³/mol. The van der Waals surface area contributed by atoms with Crippen LogP contribution in [0.15, 0.2) is 15.0 Å². The molecule has 0 spiro atoms. The highest BCUT2D eigenvalue weighted by molar-refractivity contribution is 9.11. The molecule has 0 saturated carbocycles. The Hall–Kier alpha value is -0.950. The van der Waals surface area contributed by atoms with E-state index in [-0.39, 0.29) is 17.3 Å². The molecule has 5 nitrogen and oxygen atoms in total. The number of nitro benzene ring substituents is 1. The van der Waals surface area contributed by atoms with Crippen molar-refractivity contribution in [2.75, 3.05) is 5.32 Å². The van der Waals surface area contributed by atoms with Crippen molar-refractivity contribution >= 4 is 49.1 Å². The third-order valence-corrected chi connectivity index (χ3v) is 3.38. The van der Waals surface area contributed by atoms with E-state index in [0.717, 1.165) is 0 Å². The number of anilines is 1. The number of nitrogens with zero attached hydrogens (tertiary/aromatic N) is 1. The van der Waals surface area contributed by atoms with Gasteiger partial charge < -0.3 is 5.32 Å². The zero-order valence-electron chi connectivity index (χ0n) is 8.51. The molecule has 0 unspecified atom stereocenters. The average Bonchev–Trinajstić information content (AvgIpc) is 2.13. The minimum Gasteiger partial charge on any atom is -0.320 e. The van der Waals surface area contributed by atoms with Gasteiger partial charge in [-0.15, -0.1) is 0 Å². The Bertz CT molecular complexity index is 474. The molecule has 1 aromatic rings. The number of hydrogen-bond acceptors (Lipinski definition) is 3. The minimum absolute atomic E-state index is 0.114. The molecule has 1 rings (SSSR count). The summed E-state index contributed by atoms with van der Waals surface area (Å²) in [5.41, 5.74) is 0.534. The third-order valence-electron chi connectivity index (χ3n) is 1.93. The number of carbonyl (C=O) groups is 1. The number of carbonyl (C=O) groups excluding carboxylic acids is 1. The Kier molecular flexibility index (Phi) is 4.03. The molecule has 0 bridgehead atoms. The predicted octanol–water partition coefficient (Wildman–Crippen LogP) is 3.39. The van der Waals surface area contributed by atoms with Gasteiger partial charge in [0.05, 0.1) is 4.92 Å². The summed E-state index contributed by atoms with van der Waals surface area (Å²) in [5, 5.41) is 13.4. The molecular weight excluding hydrogens is 344 g/mol. The minimum atomic E-state index is -0.518. The lowest BCUT2D eigenvalue weighted by Gasteiger charge is -2.09. The van der Waals surface area contributed by atoms with Crippen molar-refractivity contribution in [3.63, 3.8) is 0 Å². The largest absolute Gasteiger partial charge is 0.320 e. The van der Waals surface area contributed by atoms with E-state index in [2.05, 4.69) is 37.2 Å². The zero-order chi connectivity index (χ0) is 12.5. The van der Waals surface area contributed by atoms with E-state index in [0.29, 0.717) is 14.5 Å². The van der Waals surface area contributed by atoms with Crippen molar-refractivity contribution in [2.45, 2.75) is 13.8 Å². The molecule has 0 aliphatic heterocycles. The first-order valence-electron chi connectivity index (χ1n) is 4.25. The molecule has 0 heterocycles. The van der Waals surface area contributed by atoms with Crippen LogP contribution in [-0.4, -0.2) is 10.8 Å². The fraction of sp³-hybridized carbons (Fsp3) is 0.222. The summed E-state index contributed by atoms with van der Waals surface area (Å²) in [6, 6.07) is 1.66. The molecule has 0 fully saturated rings. The highest BCUT2D eigenvalue weighted by Crippen LogP contribution is 2.39. The molecule has 0 aliphatic rings. The van der Waals surface area contributed by atoms with Gasteiger partial charge in [0.25, 0.3) is 5.69 Å². The maximum absolute atomic E-state index is 11.0. The van der Waals surface area contributed by atoms with Gasteiger partial charge in [-0.3, -0.25) is 14.9 Å². The summed E-state index contributed by atoms with van der Waals surface area (Å²) >= 11 is 6.40. The van der Waals surface area contributed by atoms with Crippen LogP contribution in [0.4, 0.5) is 11.4 Å². The van der Waals surface area contributed by atoms with E-state index < -0.39 is 4.92 Å². The SMILES string of the molecule is CC(=O)Nc1c(Br)cc(Br)c(C)c1[N+](=O)[O-]. The highest BCUT2D eigenvalue weighted by atomic mass is 79.9. The highest BCUT2D eigenvalue weighted by Gasteiger charge is 2.23. The molecule has 1 amide bonds. The molecule has 0 radical (unpaired) electrons. The van der Waals surface area contributed by atoms with Gasteiger partial charge in [-0.05, 0) is 28.9 Å². The van der Waals surface area contributed by atoms with Crippen LogP contribution in [0.1, 0.15) is 12.5 Å². The normalized spacial score (nSPS) is 10.0. The molecule has 1 N–H and O–H groups in total. The molecule has 16 heavy (non-hydrogen) atoms. The van der Waals surface area contributed by atoms with Crippen LogP contribution < -0.4 is 5.32 Å². The number of hydrogen-bond donors (Lipinski definition) is 1. The summed E-state index contributed by atoms with van der Waals surface area (Å²) in [7, 11) is 0. The second-order valence-corrected chi connectivity index (χ2v) is 4.84. The standard InChI is InChI=1S/C9H8Br2N2O3/c1-4-6(10)3-7(11)8(12-5(2)14)9(4)13(15)16/h3H,1-2H3,(H,12,14). The van der Waals surface area contributed by atoms with Gasteiger partial charge in [0.2, 0.25) is 5.91 Å². The molecule has 0 aromatic heterocycles. The van der Waals surface area contributed by atoms with E-state index in [1.807, 2.05) is 0 Å². The summed E-state index contributed by atoms with van der Waals surface area (Å²) in [4.78, 5) is 21.4. The second kappa shape index (κ2) is 4.92. The van der Waals surface area contributed by atoms with E-state index in [9.17, 15) is 14.9 Å². The van der Waals surface area contributed by atoms with Crippen molar-refractivity contribution in [3.8, 4) is 0 Å². The lowest BCUT2D eigenvalue weighted by molar-refractivity contribution is -0.384. The Morgan fingerprint density at radius 1 is 1.44 bits per heavy atom. The molecule has 7 heteroatoms. The van der Waals surface area contributed by atoms with Gasteiger partial charge in [0.1, 0.15) is 5.69 Å². The molecular formula is C9H8Br2N2O3. The monoisotopic (exact) mass is 350 g/mol. The summed E-state index contributed by atoms with van der Waals surface area (Å²) in [6.07, 6.45) is 0. The van der Waals surface area contributed by atoms with Gasteiger partial charge in [-0.25, -0.2) is 0 Å². The fourth-order valence-corrected chi connectivity index (χ4v) is 2.47. The van der Waals surface area contributed by atoms with Gasteiger partial charge in [0.15, 0.2) is 0 Å². The van der Waals surface area contributed by atoms with Crippen molar-refractivity contribution < 1.29 is 9.72 Å². The van der Waals surface area contributed by atoms with Gasteiger partial charge in [0, 0.05) is 21.4 Å². The van der Waals surface area contributed by atoms with Crippen LogP contribution in [-0.2, 0) is 4.79 Å². The van der Waals surface area contributed by atoms with Crippen LogP contribution >= 0.6 is 31.9 Å². The summed E-state index contributed by atoms with van der Waals surface area (Å²) < 4.78 is 1.08. The quantitative estimate of drug-likeness (QED) is 0.655. The van der Waals surface area contributed by atoms with Crippen molar-refractivity contribution in [1.82, 2.24) is 0 Å². The maximum Gasteiger partial charge on any atom is 0.297 e.